The zero-order valence-electron chi connectivity index (χ0n) is 17.3. The van der Waals surface area contributed by atoms with Crippen molar-refractivity contribution in [2.75, 3.05) is 28.4 Å². The molecule has 0 radical (unpaired) electrons. The number of hydrogen-bond acceptors (Lipinski definition) is 6. The van der Waals surface area contributed by atoms with Crippen LogP contribution in [-0.2, 0) is 0 Å². The van der Waals surface area contributed by atoms with Crippen LogP contribution in [0.15, 0.2) is 60.7 Å². The molecule has 0 heterocycles. The van der Waals surface area contributed by atoms with Gasteiger partial charge in [0.15, 0.2) is 17.3 Å². The van der Waals surface area contributed by atoms with Gasteiger partial charge in [-0.3, -0.25) is 4.79 Å². The summed E-state index contributed by atoms with van der Waals surface area (Å²) in [6, 6.07) is 18.0. The summed E-state index contributed by atoms with van der Waals surface area (Å²) >= 11 is 0. The molecule has 6 heteroatoms. The molecule has 6 nitrogen and oxygen atoms in total. The molecule has 156 valence electrons. The number of carbonyl (C=O) groups is 1. The van der Waals surface area contributed by atoms with Crippen LogP contribution >= 0.6 is 0 Å². The van der Waals surface area contributed by atoms with Crippen LogP contribution in [0.1, 0.15) is 22.0 Å². The lowest BCUT2D eigenvalue weighted by atomic mass is 9.90. The van der Waals surface area contributed by atoms with Crippen molar-refractivity contribution in [2.45, 2.75) is 6.10 Å². The Morgan fingerprint density at radius 3 is 1.67 bits per heavy atom. The van der Waals surface area contributed by atoms with E-state index in [0.29, 0.717) is 28.2 Å². The minimum atomic E-state index is -1.40. The second kappa shape index (κ2) is 9.33. The molecule has 0 aliphatic carbocycles. The molecule has 3 rings (SSSR count). The third kappa shape index (κ3) is 3.69. The van der Waals surface area contributed by atoms with Crippen LogP contribution in [0.2, 0.25) is 0 Å². The molecule has 1 unspecified atom stereocenters. The van der Waals surface area contributed by atoms with Crippen LogP contribution in [0.4, 0.5) is 0 Å². The SMILES string of the molecule is COc1c(OC)c(OC)c(-c2ccccc2)c(C(=O)C(O)c2ccccc2)c1OC. The van der Waals surface area contributed by atoms with E-state index in [9.17, 15) is 9.90 Å². The highest BCUT2D eigenvalue weighted by molar-refractivity contribution is 6.10. The fraction of sp³-hybridized carbons (Fsp3) is 0.208. The van der Waals surface area contributed by atoms with Gasteiger partial charge in [0, 0.05) is 5.56 Å². The second-order valence-electron chi connectivity index (χ2n) is 6.43. The molecule has 0 saturated heterocycles. The molecule has 0 aromatic heterocycles. The summed E-state index contributed by atoms with van der Waals surface area (Å²) in [5, 5.41) is 10.9. The van der Waals surface area contributed by atoms with E-state index in [2.05, 4.69) is 0 Å². The third-order valence-corrected chi connectivity index (χ3v) is 4.81. The monoisotopic (exact) mass is 408 g/mol. The first-order valence-electron chi connectivity index (χ1n) is 9.31. The van der Waals surface area contributed by atoms with Gasteiger partial charge in [-0.2, -0.15) is 0 Å². The molecule has 0 fully saturated rings. The van der Waals surface area contributed by atoms with Crippen LogP contribution in [0.5, 0.6) is 23.0 Å². The zero-order valence-corrected chi connectivity index (χ0v) is 17.3. The molecule has 0 aliphatic heterocycles. The summed E-state index contributed by atoms with van der Waals surface area (Å²) in [6.45, 7) is 0. The number of hydrogen-bond donors (Lipinski definition) is 1. The number of benzene rings is 3. The van der Waals surface area contributed by atoms with E-state index in [1.54, 1.807) is 24.3 Å². The van der Waals surface area contributed by atoms with E-state index >= 15 is 0 Å². The smallest absolute Gasteiger partial charge is 0.208 e. The molecule has 30 heavy (non-hydrogen) atoms. The molecule has 1 N–H and O–H groups in total. The highest BCUT2D eigenvalue weighted by atomic mass is 16.5. The lowest BCUT2D eigenvalue weighted by molar-refractivity contribution is 0.0744. The van der Waals surface area contributed by atoms with Crippen molar-refractivity contribution < 1.29 is 28.8 Å². The molecule has 0 saturated carbocycles. The number of Topliss-reactive ketones (excluding diaryl/α,β-unsaturated/α-hetero) is 1. The van der Waals surface area contributed by atoms with Gasteiger partial charge in [-0.25, -0.2) is 0 Å². The number of rotatable bonds is 8. The first kappa shape index (κ1) is 21.2. The first-order valence-corrected chi connectivity index (χ1v) is 9.31. The summed E-state index contributed by atoms with van der Waals surface area (Å²) in [4.78, 5) is 13.6. The van der Waals surface area contributed by atoms with Gasteiger partial charge in [0.1, 0.15) is 6.10 Å². The molecule has 3 aromatic carbocycles. The van der Waals surface area contributed by atoms with Crippen molar-refractivity contribution in [3.63, 3.8) is 0 Å². The van der Waals surface area contributed by atoms with E-state index in [1.165, 1.54) is 28.4 Å². The van der Waals surface area contributed by atoms with Gasteiger partial charge in [-0.15, -0.1) is 0 Å². The maximum Gasteiger partial charge on any atom is 0.208 e. The van der Waals surface area contributed by atoms with E-state index in [-0.39, 0.29) is 17.1 Å². The summed E-state index contributed by atoms with van der Waals surface area (Å²) < 4.78 is 22.3. The molecule has 0 amide bonds. The number of carbonyl (C=O) groups excluding carboxylic acids is 1. The molecule has 3 aromatic rings. The maximum absolute atomic E-state index is 13.6. The van der Waals surface area contributed by atoms with Gasteiger partial charge < -0.3 is 24.1 Å². The Morgan fingerprint density at radius 2 is 1.17 bits per heavy atom. The molecular weight excluding hydrogens is 384 g/mol. The molecular formula is C24H24O6. The predicted octanol–water partition coefficient (Wildman–Crippen LogP) is 4.30. The van der Waals surface area contributed by atoms with Crippen LogP contribution in [-0.4, -0.2) is 39.3 Å². The quantitative estimate of drug-likeness (QED) is 0.560. The van der Waals surface area contributed by atoms with Gasteiger partial charge in [0.05, 0.1) is 34.0 Å². The van der Waals surface area contributed by atoms with Gasteiger partial charge >= 0.3 is 0 Å². The predicted molar refractivity (Wildman–Crippen MR) is 114 cm³/mol. The second-order valence-corrected chi connectivity index (χ2v) is 6.43. The van der Waals surface area contributed by atoms with Crippen LogP contribution < -0.4 is 18.9 Å². The van der Waals surface area contributed by atoms with Crippen LogP contribution in [0.25, 0.3) is 11.1 Å². The van der Waals surface area contributed by atoms with Crippen molar-refractivity contribution >= 4 is 5.78 Å². The lowest BCUT2D eigenvalue weighted by Gasteiger charge is -2.23. The van der Waals surface area contributed by atoms with Crippen molar-refractivity contribution in [1.82, 2.24) is 0 Å². The fourth-order valence-corrected chi connectivity index (χ4v) is 3.46. The Labute approximate surface area is 175 Å². The van der Waals surface area contributed by atoms with Gasteiger partial charge in [0.2, 0.25) is 11.5 Å². The Bertz CT molecular complexity index is 1020. The number of methoxy groups -OCH3 is 4. The normalized spacial score (nSPS) is 11.5. The van der Waals surface area contributed by atoms with E-state index < -0.39 is 11.9 Å². The highest BCUT2D eigenvalue weighted by Gasteiger charge is 2.34. The topological polar surface area (TPSA) is 74.2 Å². The molecule has 1 atom stereocenters. The van der Waals surface area contributed by atoms with Crippen molar-refractivity contribution in [2.24, 2.45) is 0 Å². The minimum Gasteiger partial charge on any atom is -0.492 e. The van der Waals surface area contributed by atoms with Crippen molar-refractivity contribution in [3.05, 3.63) is 71.8 Å². The van der Waals surface area contributed by atoms with Gasteiger partial charge in [-0.05, 0) is 11.1 Å². The van der Waals surface area contributed by atoms with Crippen LogP contribution in [0, 0.1) is 0 Å². The standard InChI is InChI=1S/C24H24O6/c1-27-21-17(15-11-7-5-8-12-15)18(22(28-2)24(30-4)23(21)29-3)20(26)19(25)16-13-9-6-10-14-16/h5-14,19,25H,1-4H3. The number of ether oxygens (including phenoxy) is 4. The summed E-state index contributed by atoms with van der Waals surface area (Å²) in [5.74, 6) is 0.427. The Hall–Kier alpha value is -3.51. The summed E-state index contributed by atoms with van der Waals surface area (Å²) in [7, 11) is 5.85. The Kier molecular flexibility index (Phi) is 6.59. The maximum atomic E-state index is 13.6. The largest absolute Gasteiger partial charge is 0.492 e. The molecule has 0 aliphatic rings. The molecule has 0 spiro atoms. The van der Waals surface area contributed by atoms with Crippen molar-refractivity contribution in [1.29, 1.82) is 0 Å². The lowest BCUT2D eigenvalue weighted by Crippen LogP contribution is -2.16. The van der Waals surface area contributed by atoms with E-state index in [0.717, 1.165) is 0 Å². The Balaban J connectivity index is 2.38. The summed E-state index contributed by atoms with van der Waals surface area (Å²) in [6.07, 6.45) is -1.40. The average Bonchev–Trinajstić information content (AvgIpc) is 2.82. The van der Waals surface area contributed by atoms with E-state index in [1.807, 2.05) is 36.4 Å². The number of aliphatic hydroxyl groups is 1. The van der Waals surface area contributed by atoms with Gasteiger partial charge in [-0.1, -0.05) is 60.7 Å². The van der Waals surface area contributed by atoms with Gasteiger partial charge in [0.25, 0.3) is 0 Å². The number of aliphatic hydroxyl groups excluding tert-OH is 1. The average molecular weight is 408 g/mol. The highest BCUT2D eigenvalue weighted by Crippen LogP contribution is 2.53. The zero-order chi connectivity index (χ0) is 21.7. The molecule has 0 bridgehead atoms. The van der Waals surface area contributed by atoms with Crippen molar-refractivity contribution in [3.8, 4) is 34.1 Å². The number of ketones is 1. The summed E-state index contributed by atoms with van der Waals surface area (Å²) in [5.41, 5.74) is 1.77. The third-order valence-electron chi connectivity index (χ3n) is 4.81. The van der Waals surface area contributed by atoms with Crippen LogP contribution in [0.3, 0.4) is 0 Å². The Morgan fingerprint density at radius 1 is 0.700 bits per heavy atom. The minimum absolute atomic E-state index is 0.148. The van der Waals surface area contributed by atoms with E-state index in [4.69, 9.17) is 18.9 Å². The fourth-order valence-electron chi connectivity index (χ4n) is 3.46. The first-order chi connectivity index (χ1) is 14.6.